The Kier molecular flexibility index (Phi) is 8.31. The summed E-state index contributed by atoms with van der Waals surface area (Å²) in [6.45, 7) is 3.51. The van der Waals surface area contributed by atoms with Gasteiger partial charge in [-0.3, -0.25) is 0 Å². The summed E-state index contributed by atoms with van der Waals surface area (Å²) in [5.41, 5.74) is 2.49. The normalized spacial score (nSPS) is 26.3. The molecule has 1 aliphatic heterocycles. The Balaban J connectivity index is 1.37. The van der Waals surface area contributed by atoms with Crippen molar-refractivity contribution in [3.8, 4) is 0 Å². The molecule has 1 aromatic rings. The Labute approximate surface area is 168 Å². The average molecular weight is 388 g/mol. The molecule has 0 aromatic heterocycles. The Hall–Kier alpha value is -1.23. The van der Waals surface area contributed by atoms with Crippen molar-refractivity contribution < 1.29 is 9.47 Å². The lowest BCUT2D eigenvalue weighted by atomic mass is 9.90. The van der Waals surface area contributed by atoms with Crippen LogP contribution < -0.4 is 5.32 Å². The summed E-state index contributed by atoms with van der Waals surface area (Å²) < 4.78 is 11.6. The number of thioether (sulfide) groups is 1. The van der Waals surface area contributed by atoms with Gasteiger partial charge >= 0.3 is 0 Å². The number of benzene rings is 1. The molecule has 0 amide bonds. The van der Waals surface area contributed by atoms with Gasteiger partial charge in [0, 0.05) is 12.8 Å². The highest BCUT2D eigenvalue weighted by molar-refractivity contribution is 8.03. The summed E-state index contributed by atoms with van der Waals surface area (Å²) in [4.78, 5) is 0. The number of allylic oxidation sites excluding steroid dienone is 2. The first-order valence-corrected chi connectivity index (χ1v) is 11.1. The zero-order chi connectivity index (χ0) is 18.9. The van der Waals surface area contributed by atoms with Crippen LogP contribution >= 0.6 is 11.8 Å². The van der Waals surface area contributed by atoms with E-state index in [1.54, 1.807) is 0 Å². The Morgan fingerprint density at radius 2 is 2.11 bits per heavy atom. The molecule has 1 fully saturated rings. The van der Waals surface area contributed by atoms with Crippen LogP contribution in [0.5, 0.6) is 0 Å². The SMILES string of the molecule is COC(CC[C@H]1CCCC1/C=C/COCc1ccccc1)C1NC(C)=CS1. The van der Waals surface area contributed by atoms with E-state index in [9.17, 15) is 0 Å². The second kappa shape index (κ2) is 10.9. The van der Waals surface area contributed by atoms with Gasteiger partial charge in [0.15, 0.2) is 0 Å². The van der Waals surface area contributed by atoms with Gasteiger partial charge in [-0.1, -0.05) is 48.9 Å². The topological polar surface area (TPSA) is 30.5 Å². The van der Waals surface area contributed by atoms with Crippen LogP contribution in [0.2, 0.25) is 0 Å². The molecule has 1 saturated carbocycles. The van der Waals surface area contributed by atoms with Crippen molar-refractivity contribution in [1.82, 2.24) is 5.32 Å². The van der Waals surface area contributed by atoms with Crippen LogP contribution in [0, 0.1) is 11.8 Å². The molecule has 4 atom stereocenters. The van der Waals surface area contributed by atoms with Crippen LogP contribution in [0.25, 0.3) is 0 Å². The quantitative estimate of drug-likeness (QED) is 0.424. The minimum atomic E-state index is 0.281. The first-order valence-electron chi connectivity index (χ1n) is 10.2. The van der Waals surface area contributed by atoms with E-state index < -0.39 is 0 Å². The molecule has 148 valence electrons. The molecule has 3 nitrogen and oxygen atoms in total. The van der Waals surface area contributed by atoms with Crippen molar-refractivity contribution in [2.75, 3.05) is 13.7 Å². The molecular weight excluding hydrogens is 354 g/mol. The lowest BCUT2D eigenvalue weighted by molar-refractivity contribution is 0.0816. The van der Waals surface area contributed by atoms with E-state index in [-0.39, 0.29) is 6.10 Å². The molecule has 0 saturated heterocycles. The van der Waals surface area contributed by atoms with Crippen LogP contribution in [-0.2, 0) is 16.1 Å². The molecule has 3 rings (SSSR count). The molecule has 1 aromatic carbocycles. The van der Waals surface area contributed by atoms with Crippen molar-refractivity contribution in [3.63, 3.8) is 0 Å². The van der Waals surface area contributed by atoms with Crippen molar-refractivity contribution in [2.45, 2.75) is 57.1 Å². The zero-order valence-corrected chi connectivity index (χ0v) is 17.4. The summed E-state index contributed by atoms with van der Waals surface area (Å²) in [6, 6.07) is 10.4. The Bertz CT molecular complexity index is 616. The first-order chi connectivity index (χ1) is 13.3. The third-order valence-corrected chi connectivity index (χ3v) is 6.85. The average Bonchev–Trinajstić information content (AvgIpc) is 3.32. The van der Waals surface area contributed by atoms with Gasteiger partial charge in [0.25, 0.3) is 0 Å². The molecular formula is C23H33NO2S. The molecule has 1 aliphatic carbocycles. The summed E-state index contributed by atoms with van der Waals surface area (Å²) in [6.07, 6.45) is 11.3. The van der Waals surface area contributed by atoms with Gasteiger partial charge in [0.1, 0.15) is 5.37 Å². The highest BCUT2D eigenvalue weighted by Gasteiger charge is 2.29. The molecule has 0 bridgehead atoms. The largest absolute Gasteiger partial charge is 0.378 e. The van der Waals surface area contributed by atoms with E-state index in [2.05, 4.69) is 54.1 Å². The molecule has 3 unspecified atom stereocenters. The van der Waals surface area contributed by atoms with Crippen LogP contribution in [0.3, 0.4) is 0 Å². The van der Waals surface area contributed by atoms with Crippen LogP contribution in [-0.4, -0.2) is 25.2 Å². The third-order valence-electron chi connectivity index (χ3n) is 5.65. The maximum atomic E-state index is 5.78. The standard InChI is InChI=1S/C23H33NO2S/c1-18-17-27-23(24-18)22(25-2)14-13-21-11-6-10-20(21)12-7-15-26-16-19-8-4-3-5-9-19/h3-5,7-9,12,17,20-24H,6,10-11,13-16H2,1-2H3/b12-7+/t20?,21-,22?,23?/m1/s1. The highest BCUT2D eigenvalue weighted by Crippen LogP contribution is 2.37. The van der Waals surface area contributed by atoms with E-state index in [1.165, 1.54) is 36.9 Å². The predicted octanol–water partition coefficient (Wildman–Crippen LogP) is 5.49. The van der Waals surface area contributed by atoms with E-state index in [1.807, 2.05) is 24.9 Å². The third kappa shape index (κ3) is 6.41. The second-order valence-electron chi connectivity index (χ2n) is 7.64. The van der Waals surface area contributed by atoms with Gasteiger partial charge in [-0.25, -0.2) is 0 Å². The number of hydrogen-bond donors (Lipinski definition) is 1. The molecule has 1 heterocycles. The lowest BCUT2D eigenvalue weighted by Gasteiger charge is -2.25. The number of ether oxygens (including phenoxy) is 2. The fourth-order valence-electron chi connectivity index (χ4n) is 4.15. The van der Waals surface area contributed by atoms with Crippen molar-refractivity contribution in [2.24, 2.45) is 11.8 Å². The Morgan fingerprint density at radius 1 is 1.26 bits per heavy atom. The highest BCUT2D eigenvalue weighted by atomic mass is 32.2. The molecule has 2 aliphatic rings. The van der Waals surface area contributed by atoms with Crippen molar-refractivity contribution in [3.05, 3.63) is 59.2 Å². The lowest BCUT2D eigenvalue weighted by Crippen LogP contribution is -2.34. The smallest absolute Gasteiger partial charge is 0.103 e. The zero-order valence-electron chi connectivity index (χ0n) is 16.6. The molecule has 27 heavy (non-hydrogen) atoms. The minimum Gasteiger partial charge on any atom is -0.378 e. The Morgan fingerprint density at radius 3 is 2.85 bits per heavy atom. The molecule has 0 spiro atoms. The summed E-state index contributed by atoms with van der Waals surface area (Å²) >= 11 is 1.86. The molecule has 4 heteroatoms. The number of nitrogens with one attached hydrogen (secondary N) is 1. The van der Waals surface area contributed by atoms with Gasteiger partial charge in [-0.15, -0.1) is 11.8 Å². The van der Waals surface area contributed by atoms with E-state index in [0.29, 0.717) is 24.5 Å². The van der Waals surface area contributed by atoms with Crippen molar-refractivity contribution >= 4 is 11.8 Å². The van der Waals surface area contributed by atoms with Gasteiger partial charge in [-0.05, 0) is 55.4 Å². The van der Waals surface area contributed by atoms with Crippen LogP contribution in [0.4, 0.5) is 0 Å². The fourth-order valence-corrected chi connectivity index (χ4v) is 5.24. The van der Waals surface area contributed by atoms with Gasteiger partial charge in [0.05, 0.1) is 19.3 Å². The maximum absolute atomic E-state index is 5.78. The minimum absolute atomic E-state index is 0.281. The number of hydrogen-bond acceptors (Lipinski definition) is 4. The summed E-state index contributed by atoms with van der Waals surface area (Å²) in [5, 5.41) is 6.10. The predicted molar refractivity (Wildman–Crippen MR) is 114 cm³/mol. The van der Waals surface area contributed by atoms with Gasteiger partial charge < -0.3 is 14.8 Å². The monoisotopic (exact) mass is 387 g/mol. The van der Waals surface area contributed by atoms with E-state index in [4.69, 9.17) is 9.47 Å². The van der Waals surface area contributed by atoms with Crippen LogP contribution in [0.1, 0.15) is 44.6 Å². The van der Waals surface area contributed by atoms with E-state index in [0.717, 1.165) is 12.3 Å². The fraction of sp³-hybridized carbons (Fsp3) is 0.565. The van der Waals surface area contributed by atoms with Gasteiger partial charge in [0.2, 0.25) is 0 Å². The second-order valence-corrected chi connectivity index (χ2v) is 8.65. The molecule has 1 N–H and O–H groups in total. The van der Waals surface area contributed by atoms with Crippen LogP contribution in [0.15, 0.2) is 53.6 Å². The summed E-state index contributed by atoms with van der Waals surface area (Å²) in [7, 11) is 1.84. The van der Waals surface area contributed by atoms with Gasteiger partial charge in [-0.2, -0.15) is 0 Å². The van der Waals surface area contributed by atoms with E-state index >= 15 is 0 Å². The maximum Gasteiger partial charge on any atom is 0.103 e. The first kappa shape index (κ1) is 20.5. The number of methoxy groups -OCH3 is 1. The number of rotatable bonds is 10. The van der Waals surface area contributed by atoms with Crippen molar-refractivity contribution in [1.29, 1.82) is 0 Å². The summed E-state index contributed by atoms with van der Waals surface area (Å²) in [5.74, 6) is 1.49. The molecule has 0 radical (unpaired) electrons.